The molecule has 0 bridgehead atoms. The summed E-state index contributed by atoms with van der Waals surface area (Å²) in [5.74, 6) is 2.17. The van der Waals surface area contributed by atoms with Crippen molar-refractivity contribution in [3.8, 4) is 11.5 Å². The van der Waals surface area contributed by atoms with Crippen molar-refractivity contribution in [2.24, 2.45) is 0 Å². The van der Waals surface area contributed by atoms with Crippen LogP contribution in [-0.4, -0.2) is 42.6 Å². The normalized spacial score (nSPS) is 16.7. The maximum atomic E-state index is 12.7. The standard InChI is InChI=1S/C23H26N2O3S/c1-27-18-10-12-19(13-11-18)28-15-5-9-22(26)25-14-4-6-17(16-25)23-24-20-7-2-3-8-21(20)29-23/h2-3,7-8,10-13,17H,4-6,9,14-16H2,1H3/t17-/m1/s1. The number of piperidine rings is 1. The minimum Gasteiger partial charge on any atom is -0.497 e. The molecule has 1 aliphatic rings. The van der Waals surface area contributed by atoms with Crippen molar-refractivity contribution in [1.29, 1.82) is 0 Å². The van der Waals surface area contributed by atoms with E-state index in [1.807, 2.05) is 35.2 Å². The summed E-state index contributed by atoms with van der Waals surface area (Å²) in [5, 5.41) is 1.16. The van der Waals surface area contributed by atoms with Crippen LogP contribution in [0, 0.1) is 0 Å². The third-order valence-electron chi connectivity index (χ3n) is 5.30. The lowest BCUT2D eigenvalue weighted by atomic mass is 9.98. The third-order valence-corrected chi connectivity index (χ3v) is 6.50. The van der Waals surface area contributed by atoms with Crippen LogP contribution in [0.25, 0.3) is 10.2 Å². The number of rotatable bonds is 7. The number of fused-ring (bicyclic) bond motifs is 1. The van der Waals surface area contributed by atoms with Gasteiger partial charge in [0.1, 0.15) is 11.5 Å². The van der Waals surface area contributed by atoms with Crippen LogP contribution in [-0.2, 0) is 4.79 Å². The Morgan fingerprint density at radius 3 is 2.76 bits per heavy atom. The quantitative estimate of drug-likeness (QED) is 0.522. The Hall–Kier alpha value is -2.60. The lowest BCUT2D eigenvalue weighted by Gasteiger charge is -2.32. The largest absolute Gasteiger partial charge is 0.497 e. The predicted molar refractivity (Wildman–Crippen MR) is 116 cm³/mol. The van der Waals surface area contributed by atoms with E-state index in [-0.39, 0.29) is 5.91 Å². The number of ether oxygens (including phenoxy) is 2. The molecule has 4 rings (SSSR count). The number of carbonyl (C=O) groups is 1. The van der Waals surface area contributed by atoms with Gasteiger partial charge in [-0.1, -0.05) is 12.1 Å². The van der Waals surface area contributed by atoms with Gasteiger partial charge in [-0.15, -0.1) is 11.3 Å². The summed E-state index contributed by atoms with van der Waals surface area (Å²) in [4.78, 5) is 19.5. The van der Waals surface area contributed by atoms with Crippen molar-refractivity contribution < 1.29 is 14.3 Å². The molecule has 152 valence electrons. The van der Waals surface area contributed by atoms with Crippen LogP contribution in [0.2, 0.25) is 0 Å². The highest BCUT2D eigenvalue weighted by Gasteiger charge is 2.26. The van der Waals surface area contributed by atoms with Gasteiger partial charge in [-0.25, -0.2) is 4.98 Å². The van der Waals surface area contributed by atoms with Gasteiger partial charge in [0.05, 0.1) is 28.9 Å². The second-order valence-corrected chi connectivity index (χ2v) is 8.39. The molecule has 0 aliphatic carbocycles. The van der Waals surface area contributed by atoms with E-state index in [1.165, 1.54) is 4.70 Å². The molecule has 1 aromatic heterocycles. The summed E-state index contributed by atoms with van der Waals surface area (Å²) in [6.07, 6.45) is 3.37. The maximum Gasteiger partial charge on any atom is 0.222 e. The number of methoxy groups -OCH3 is 1. The lowest BCUT2D eigenvalue weighted by Crippen LogP contribution is -2.39. The highest BCUT2D eigenvalue weighted by Crippen LogP contribution is 2.33. The highest BCUT2D eigenvalue weighted by molar-refractivity contribution is 7.18. The lowest BCUT2D eigenvalue weighted by molar-refractivity contribution is -0.132. The van der Waals surface area contributed by atoms with Crippen molar-refractivity contribution in [3.05, 3.63) is 53.5 Å². The molecule has 5 nitrogen and oxygen atoms in total. The number of hydrogen-bond acceptors (Lipinski definition) is 5. The number of thiazole rings is 1. The zero-order chi connectivity index (χ0) is 20.1. The first-order valence-corrected chi connectivity index (χ1v) is 10.9. The molecule has 1 amide bonds. The number of para-hydroxylation sites is 1. The fraction of sp³-hybridized carbons (Fsp3) is 0.391. The number of amides is 1. The second-order valence-electron chi connectivity index (χ2n) is 7.33. The fourth-order valence-corrected chi connectivity index (χ4v) is 4.81. The van der Waals surface area contributed by atoms with Crippen LogP contribution < -0.4 is 9.47 Å². The van der Waals surface area contributed by atoms with Crippen molar-refractivity contribution in [3.63, 3.8) is 0 Å². The van der Waals surface area contributed by atoms with E-state index in [0.29, 0.717) is 25.4 Å². The van der Waals surface area contributed by atoms with Crippen molar-refractivity contribution >= 4 is 27.5 Å². The van der Waals surface area contributed by atoms with Crippen LogP contribution in [0.3, 0.4) is 0 Å². The number of hydrogen-bond donors (Lipinski definition) is 0. The summed E-state index contributed by atoms with van der Waals surface area (Å²) in [6, 6.07) is 15.8. The molecule has 0 radical (unpaired) electrons. The Morgan fingerprint density at radius 2 is 1.97 bits per heavy atom. The highest BCUT2D eigenvalue weighted by atomic mass is 32.1. The fourth-order valence-electron chi connectivity index (χ4n) is 3.71. The Bertz CT molecular complexity index is 921. The van der Waals surface area contributed by atoms with E-state index in [2.05, 4.69) is 18.2 Å². The Balaban J connectivity index is 1.26. The molecule has 0 spiro atoms. The topological polar surface area (TPSA) is 51.7 Å². The molecule has 2 heterocycles. The Kier molecular flexibility index (Phi) is 6.30. The van der Waals surface area contributed by atoms with Gasteiger partial charge in [0.2, 0.25) is 5.91 Å². The number of benzene rings is 2. The van der Waals surface area contributed by atoms with Gasteiger partial charge < -0.3 is 14.4 Å². The first-order valence-electron chi connectivity index (χ1n) is 10.1. The monoisotopic (exact) mass is 410 g/mol. The predicted octanol–water partition coefficient (Wildman–Crippen LogP) is 4.87. The van der Waals surface area contributed by atoms with E-state index in [4.69, 9.17) is 14.5 Å². The molecule has 29 heavy (non-hydrogen) atoms. The van der Waals surface area contributed by atoms with Gasteiger partial charge in [0.25, 0.3) is 0 Å². The van der Waals surface area contributed by atoms with Gasteiger partial charge in [-0.2, -0.15) is 0 Å². The zero-order valence-electron chi connectivity index (χ0n) is 16.7. The van der Waals surface area contributed by atoms with Crippen molar-refractivity contribution in [1.82, 2.24) is 9.88 Å². The Morgan fingerprint density at radius 1 is 1.17 bits per heavy atom. The van der Waals surface area contributed by atoms with E-state index in [9.17, 15) is 4.79 Å². The molecule has 1 atom stereocenters. The average molecular weight is 411 g/mol. The molecule has 0 unspecified atom stereocenters. The summed E-state index contributed by atoms with van der Waals surface area (Å²) in [6.45, 7) is 2.16. The molecular weight excluding hydrogens is 384 g/mol. The molecule has 2 aromatic carbocycles. The van der Waals surface area contributed by atoms with Gasteiger partial charge >= 0.3 is 0 Å². The first kappa shape index (κ1) is 19.7. The SMILES string of the molecule is COc1ccc(OCCCC(=O)N2CCC[C@@H](c3nc4ccccc4s3)C2)cc1. The van der Waals surface area contributed by atoms with Crippen molar-refractivity contribution in [2.75, 3.05) is 26.8 Å². The third kappa shape index (κ3) is 4.88. The second kappa shape index (κ2) is 9.27. The van der Waals surface area contributed by atoms with Gasteiger partial charge in [-0.05, 0) is 55.7 Å². The van der Waals surface area contributed by atoms with Crippen LogP contribution in [0.1, 0.15) is 36.6 Å². The maximum absolute atomic E-state index is 12.7. The van der Waals surface area contributed by atoms with E-state index < -0.39 is 0 Å². The molecule has 0 saturated carbocycles. The van der Waals surface area contributed by atoms with Gasteiger partial charge in [0.15, 0.2) is 0 Å². The van der Waals surface area contributed by atoms with E-state index in [1.54, 1.807) is 18.4 Å². The average Bonchev–Trinajstić information content (AvgIpc) is 3.21. The van der Waals surface area contributed by atoms with Crippen LogP contribution in [0.4, 0.5) is 0 Å². The summed E-state index contributed by atoms with van der Waals surface area (Å²) in [7, 11) is 1.64. The van der Waals surface area contributed by atoms with Crippen molar-refractivity contribution in [2.45, 2.75) is 31.6 Å². The van der Waals surface area contributed by atoms with Gasteiger partial charge in [0, 0.05) is 25.4 Å². The molecule has 0 N–H and O–H groups in total. The van der Waals surface area contributed by atoms with E-state index >= 15 is 0 Å². The summed E-state index contributed by atoms with van der Waals surface area (Å²) in [5.41, 5.74) is 1.06. The first-order chi connectivity index (χ1) is 14.2. The number of likely N-dealkylation sites (tertiary alicyclic amines) is 1. The molecule has 1 fully saturated rings. The number of nitrogens with zero attached hydrogens (tertiary/aromatic N) is 2. The minimum atomic E-state index is 0.217. The molecule has 3 aromatic rings. The smallest absolute Gasteiger partial charge is 0.222 e. The van der Waals surface area contributed by atoms with Crippen LogP contribution >= 0.6 is 11.3 Å². The Labute approximate surface area is 175 Å². The van der Waals surface area contributed by atoms with Gasteiger partial charge in [-0.3, -0.25) is 4.79 Å². The van der Waals surface area contributed by atoms with Crippen LogP contribution in [0.5, 0.6) is 11.5 Å². The minimum absolute atomic E-state index is 0.217. The zero-order valence-corrected chi connectivity index (χ0v) is 17.5. The van der Waals surface area contributed by atoms with Crippen LogP contribution in [0.15, 0.2) is 48.5 Å². The summed E-state index contributed by atoms with van der Waals surface area (Å²) >= 11 is 1.76. The number of aromatic nitrogens is 1. The molecule has 1 saturated heterocycles. The summed E-state index contributed by atoms with van der Waals surface area (Å²) < 4.78 is 12.1. The number of carbonyl (C=O) groups excluding carboxylic acids is 1. The molecule has 1 aliphatic heterocycles. The van der Waals surface area contributed by atoms with E-state index in [0.717, 1.165) is 48.0 Å². The molecule has 6 heteroatoms. The molecular formula is C23H26N2O3S.